The molecule has 0 unspecified atom stereocenters. The third-order valence-electron chi connectivity index (χ3n) is 4.11. The zero-order valence-corrected chi connectivity index (χ0v) is 17.6. The van der Waals surface area contributed by atoms with Gasteiger partial charge >= 0.3 is 0 Å². The topological polar surface area (TPSA) is 65.8 Å². The first-order valence-corrected chi connectivity index (χ1v) is 9.80. The molecule has 6 nitrogen and oxygen atoms in total. The first-order valence-electron chi connectivity index (χ1n) is 9.05. The monoisotopic (exact) mass is 425 g/mol. The molecule has 2 aromatic rings. The fourth-order valence-corrected chi connectivity index (χ4v) is 2.98. The summed E-state index contributed by atoms with van der Waals surface area (Å²) in [4.78, 5) is 28.5. The zero-order chi connectivity index (χ0) is 20.5. The van der Waals surface area contributed by atoms with Gasteiger partial charge in [-0.2, -0.15) is 0 Å². The molecule has 0 aliphatic carbocycles. The molecular formula is C20H25Cl2N3O3. The Hall–Kier alpha value is -2.02. The van der Waals surface area contributed by atoms with Crippen LogP contribution in [0.4, 0.5) is 0 Å². The summed E-state index contributed by atoms with van der Waals surface area (Å²) in [5, 5.41) is 3.65. The molecule has 0 radical (unpaired) electrons. The maximum atomic E-state index is 12.7. The lowest BCUT2D eigenvalue weighted by Crippen LogP contribution is -2.35. The van der Waals surface area contributed by atoms with Crippen molar-refractivity contribution in [1.82, 2.24) is 15.1 Å². The van der Waals surface area contributed by atoms with E-state index in [1.807, 2.05) is 20.2 Å². The molecule has 0 fully saturated rings. The van der Waals surface area contributed by atoms with E-state index in [2.05, 4.69) is 10.2 Å². The maximum absolute atomic E-state index is 12.7. The van der Waals surface area contributed by atoms with E-state index in [4.69, 9.17) is 27.6 Å². The molecule has 1 heterocycles. The van der Waals surface area contributed by atoms with Gasteiger partial charge in [0.1, 0.15) is 0 Å². The molecule has 1 N–H and O–H groups in total. The summed E-state index contributed by atoms with van der Waals surface area (Å²) in [6, 6.07) is 8.58. The summed E-state index contributed by atoms with van der Waals surface area (Å²) in [7, 11) is 3.99. The van der Waals surface area contributed by atoms with Crippen LogP contribution in [0.25, 0.3) is 0 Å². The average Bonchev–Trinajstić information content (AvgIpc) is 3.18. The standard InChI is InChI=1S/C20H25Cl2N3O3/c1-24(2)10-4-11-25(14-15-6-7-16(21)17(22)13-15)19(26)8-9-23-20(27)18-5-3-12-28-18/h3,5-7,12-13H,4,8-11,14H2,1-2H3,(H,23,27). The van der Waals surface area contributed by atoms with E-state index in [0.717, 1.165) is 18.5 Å². The molecule has 0 saturated carbocycles. The van der Waals surface area contributed by atoms with Gasteiger partial charge in [-0.15, -0.1) is 0 Å². The highest BCUT2D eigenvalue weighted by Gasteiger charge is 2.16. The highest BCUT2D eigenvalue weighted by Crippen LogP contribution is 2.23. The summed E-state index contributed by atoms with van der Waals surface area (Å²) in [5.41, 5.74) is 0.909. The Morgan fingerprint density at radius 2 is 1.89 bits per heavy atom. The molecule has 2 rings (SSSR count). The molecule has 8 heteroatoms. The molecule has 1 aromatic heterocycles. The van der Waals surface area contributed by atoms with Crippen LogP contribution in [-0.4, -0.2) is 55.3 Å². The van der Waals surface area contributed by atoms with Crippen LogP contribution in [0.2, 0.25) is 10.0 Å². The van der Waals surface area contributed by atoms with Gasteiger partial charge in [-0.05, 0) is 56.9 Å². The van der Waals surface area contributed by atoms with E-state index in [0.29, 0.717) is 23.1 Å². The fraction of sp³-hybridized carbons (Fsp3) is 0.400. The Morgan fingerprint density at radius 1 is 1.11 bits per heavy atom. The number of hydrogen-bond donors (Lipinski definition) is 1. The minimum absolute atomic E-state index is 0.0374. The molecule has 2 amide bonds. The van der Waals surface area contributed by atoms with Crippen molar-refractivity contribution >= 4 is 35.0 Å². The van der Waals surface area contributed by atoms with Crippen LogP contribution in [0.15, 0.2) is 41.0 Å². The highest BCUT2D eigenvalue weighted by molar-refractivity contribution is 6.42. The normalized spacial score (nSPS) is 10.9. The zero-order valence-electron chi connectivity index (χ0n) is 16.1. The molecular weight excluding hydrogens is 401 g/mol. The fourth-order valence-electron chi connectivity index (χ4n) is 2.66. The lowest BCUT2D eigenvalue weighted by molar-refractivity contribution is -0.131. The molecule has 0 atom stereocenters. The third kappa shape index (κ3) is 7.19. The number of carbonyl (C=O) groups is 2. The van der Waals surface area contributed by atoms with E-state index in [1.165, 1.54) is 6.26 Å². The number of nitrogens with zero attached hydrogens (tertiary/aromatic N) is 2. The van der Waals surface area contributed by atoms with Crippen molar-refractivity contribution in [3.05, 3.63) is 58.0 Å². The van der Waals surface area contributed by atoms with Crippen molar-refractivity contribution in [2.75, 3.05) is 33.7 Å². The van der Waals surface area contributed by atoms with Crippen LogP contribution >= 0.6 is 23.2 Å². The molecule has 0 saturated heterocycles. The van der Waals surface area contributed by atoms with Crippen molar-refractivity contribution in [1.29, 1.82) is 0 Å². The second-order valence-electron chi connectivity index (χ2n) is 6.70. The highest BCUT2D eigenvalue weighted by atomic mass is 35.5. The van der Waals surface area contributed by atoms with Gasteiger partial charge in [0.05, 0.1) is 16.3 Å². The number of halogens is 2. The first-order chi connectivity index (χ1) is 13.4. The number of benzene rings is 1. The van der Waals surface area contributed by atoms with Crippen molar-refractivity contribution in [3.8, 4) is 0 Å². The SMILES string of the molecule is CN(C)CCCN(Cc1ccc(Cl)c(Cl)c1)C(=O)CCNC(=O)c1ccco1. The van der Waals surface area contributed by atoms with Gasteiger partial charge in [0.25, 0.3) is 5.91 Å². The van der Waals surface area contributed by atoms with Gasteiger partial charge in [-0.3, -0.25) is 9.59 Å². The Morgan fingerprint density at radius 3 is 2.54 bits per heavy atom. The largest absolute Gasteiger partial charge is 0.459 e. The maximum Gasteiger partial charge on any atom is 0.286 e. The van der Waals surface area contributed by atoms with E-state index >= 15 is 0 Å². The van der Waals surface area contributed by atoms with Crippen LogP contribution in [0.5, 0.6) is 0 Å². The predicted octanol–water partition coefficient (Wildman–Crippen LogP) is 3.69. The number of amides is 2. The Kier molecular flexibility index (Phi) is 8.83. The first kappa shape index (κ1) is 22.3. The summed E-state index contributed by atoms with van der Waals surface area (Å²) < 4.78 is 5.04. The third-order valence-corrected chi connectivity index (χ3v) is 4.85. The van der Waals surface area contributed by atoms with Crippen LogP contribution in [0.1, 0.15) is 29.0 Å². The molecule has 0 bridgehead atoms. The molecule has 0 aliphatic rings. The van der Waals surface area contributed by atoms with Gasteiger partial charge in [0.2, 0.25) is 5.91 Å². The summed E-state index contributed by atoms with van der Waals surface area (Å²) in [6.45, 7) is 2.17. The Labute approximate surface area is 175 Å². The van der Waals surface area contributed by atoms with Crippen molar-refractivity contribution in [3.63, 3.8) is 0 Å². The smallest absolute Gasteiger partial charge is 0.286 e. The molecule has 0 spiro atoms. The minimum Gasteiger partial charge on any atom is -0.459 e. The summed E-state index contributed by atoms with van der Waals surface area (Å²) in [5.74, 6) is -0.142. The second-order valence-corrected chi connectivity index (χ2v) is 7.52. The van der Waals surface area contributed by atoms with Crippen LogP contribution < -0.4 is 5.32 Å². The van der Waals surface area contributed by atoms with E-state index in [1.54, 1.807) is 29.2 Å². The van der Waals surface area contributed by atoms with Gasteiger partial charge in [-0.25, -0.2) is 0 Å². The van der Waals surface area contributed by atoms with Crippen LogP contribution in [0, 0.1) is 0 Å². The Balaban J connectivity index is 1.93. The van der Waals surface area contributed by atoms with Gasteiger partial charge in [-0.1, -0.05) is 29.3 Å². The number of nitrogens with one attached hydrogen (secondary N) is 1. The van der Waals surface area contributed by atoms with Gasteiger partial charge in [0, 0.05) is 26.1 Å². The number of carbonyl (C=O) groups excluding carboxylic acids is 2. The van der Waals surface area contributed by atoms with Crippen LogP contribution in [0.3, 0.4) is 0 Å². The minimum atomic E-state index is -0.332. The predicted molar refractivity (Wildman–Crippen MR) is 111 cm³/mol. The molecule has 1 aromatic carbocycles. The summed E-state index contributed by atoms with van der Waals surface area (Å²) >= 11 is 12.1. The average molecular weight is 426 g/mol. The molecule has 0 aliphatic heterocycles. The van der Waals surface area contributed by atoms with Gasteiger partial charge < -0.3 is 19.5 Å². The molecule has 152 valence electrons. The number of hydrogen-bond acceptors (Lipinski definition) is 4. The van der Waals surface area contributed by atoms with Crippen molar-refractivity contribution in [2.24, 2.45) is 0 Å². The van der Waals surface area contributed by atoms with E-state index in [9.17, 15) is 9.59 Å². The number of rotatable bonds is 10. The lowest BCUT2D eigenvalue weighted by atomic mass is 10.2. The van der Waals surface area contributed by atoms with Crippen LogP contribution in [-0.2, 0) is 11.3 Å². The quantitative estimate of drug-likeness (QED) is 0.630. The van der Waals surface area contributed by atoms with Crippen molar-refractivity contribution < 1.29 is 14.0 Å². The lowest BCUT2D eigenvalue weighted by Gasteiger charge is -2.24. The van der Waals surface area contributed by atoms with E-state index < -0.39 is 0 Å². The number of furan rings is 1. The van der Waals surface area contributed by atoms with Gasteiger partial charge in [0.15, 0.2) is 5.76 Å². The molecule has 28 heavy (non-hydrogen) atoms. The van der Waals surface area contributed by atoms with E-state index in [-0.39, 0.29) is 30.5 Å². The summed E-state index contributed by atoms with van der Waals surface area (Å²) in [6.07, 6.45) is 2.48. The Bertz CT molecular complexity index is 779. The van der Waals surface area contributed by atoms with Crippen molar-refractivity contribution in [2.45, 2.75) is 19.4 Å². The second kappa shape index (κ2) is 11.1.